The van der Waals surface area contributed by atoms with Gasteiger partial charge in [0.1, 0.15) is 5.82 Å². The first-order chi connectivity index (χ1) is 8.17. The van der Waals surface area contributed by atoms with Crippen molar-refractivity contribution < 1.29 is 4.39 Å². The molecule has 0 fully saturated rings. The summed E-state index contributed by atoms with van der Waals surface area (Å²) in [4.78, 5) is 4.05. The van der Waals surface area contributed by atoms with E-state index in [4.69, 9.17) is 0 Å². The van der Waals surface area contributed by atoms with Crippen LogP contribution in [0.5, 0.6) is 0 Å². The largest absolute Gasteiger partial charge is 0.356 e. The van der Waals surface area contributed by atoms with Gasteiger partial charge in [0.2, 0.25) is 0 Å². The molecule has 3 nitrogen and oxygen atoms in total. The normalized spacial score (nSPS) is 11.4. The van der Waals surface area contributed by atoms with Crippen molar-refractivity contribution in [3.63, 3.8) is 0 Å². The van der Waals surface area contributed by atoms with Crippen molar-refractivity contribution in [2.75, 3.05) is 13.6 Å². The molecule has 0 aromatic heterocycles. The molecule has 1 aromatic rings. The van der Waals surface area contributed by atoms with E-state index in [2.05, 4.69) is 38.5 Å². The van der Waals surface area contributed by atoms with Crippen LogP contribution >= 0.6 is 15.9 Å². The molecule has 17 heavy (non-hydrogen) atoms. The lowest BCUT2D eigenvalue weighted by molar-refractivity contribution is 0.604. The Morgan fingerprint density at radius 3 is 2.82 bits per heavy atom. The molecule has 94 valence electrons. The molecular weight excluding hydrogens is 285 g/mol. The number of aliphatic imine (C=N–C) groups is 1. The van der Waals surface area contributed by atoms with Crippen LogP contribution in [0.3, 0.4) is 0 Å². The summed E-state index contributed by atoms with van der Waals surface area (Å²) in [5, 5.41) is 6.19. The number of benzene rings is 1. The van der Waals surface area contributed by atoms with Crippen LogP contribution in [0.4, 0.5) is 4.39 Å². The fraction of sp³-hybridized carbons (Fsp3) is 0.417. The minimum atomic E-state index is -0.216. The number of nitrogens with zero attached hydrogens (tertiary/aromatic N) is 1. The molecule has 0 heterocycles. The van der Waals surface area contributed by atoms with Gasteiger partial charge in [0.15, 0.2) is 5.96 Å². The van der Waals surface area contributed by atoms with E-state index in [9.17, 15) is 4.39 Å². The van der Waals surface area contributed by atoms with E-state index >= 15 is 0 Å². The van der Waals surface area contributed by atoms with Crippen molar-refractivity contribution in [1.82, 2.24) is 10.6 Å². The number of hydrogen-bond acceptors (Lipinski definition) is 1. The highest BCUT2D eigenvalue weighted by molar-refractivity contribution is 9.10. The van der Waals surface area contributed by atoms with Gasteiger partial charge in [0.25, 0.3) is 0 Å². The maximum Gasteiger partial charge on any atom is 0.191 e. The van der Waals surface area contributed by atoms with Crippen LogP contribution in [0.1, 0.15) is 18.9 Å². The molecule has 0 radical (unpaired) electrons. The Bertz CT molecular complexity index is 393. The maximum absolute atomic E-state index is 13.5. The van der Waals surface area contributed by atoms with E-state index in [1.165, 1.54) is 6.07 Å². The van der Waals surface area contributed by atoms with E-state index in [-0.39, 0.29) is 5.82 Å². The van der Waals surface area contributed by atoms with Gasteiger partial charge < -0.3 is 10.6 Å². The summed E-state index contributed by atoms with van der Waals surface area (Å²) < 4.78 is 14.3. The second-order valence-electron chi connectivity index (χ2n) is 3.59. The van der Waals surface area contributed by atoms with Crippen LogP contribution in [-0.2, 0) is 6.54 Å². The first-order valence-electron chi connectivity index (χ1n) is 5.55. The summed E-state index contributed by atoms with van der Waals surface area (Å²) in [6, 6.07) is 4.89. The predicted octanol–water partition coefficient (Wildman–Crippen LogP) is 2.66. The van der Waals surface area contributed by atoms with E-state index in [0.717, 1.165) is 17.4 Å². The predicted molar refractivity (Wildman–Crippen MR) is 72.6 cm³/mol. The van der Waals surface area contributed by atoms with Gasteiger partial charge in [-0.3, -0.25) is 4.99 Å². The topological polar surface area (TPSA) is 36.4 Å². The number of halogens is 2. The number of nitrogens with one attached hydrogen (secondary N) is 2. The van der Waals surface area contributed by atoms with Gasteiger partial charge >= 0.3 is 0 Å². The fourth-order valence-corrected chi connectivity index (χ4v) is 1.73. The van der Waals surface area contributed by atoms with Crippen molar-refractivity contribution in [3.8, 4) is 0 Å². The molecule has 0 saturated heterocycles. The fourth-order valence-electron chi connectivity index (χ4n) is 1.32. The number of guanidine groups is 1. The summed E-state index contributed by atoms with van der Waals surface area (Å²) in [7, 11) is 1.70. The molecular formula is C12H17BrFN3. The van der Waals surface area contributed by atoms with E-state index < -0.39 is 0 Å². The van der Waals surface area contributed by atoms with Gasteiger partial charge in [0.05, 0.1) is 0 Å². The van der Waals surface area contributed by atoms with Gasteiger partial charge in [0, 0.05) is 30.2 Å². The molecule has 5 heteroatoms. The second kappa shape index (κ2) is 7.27. The third-order valence-electron chi connectivity index (χ3n) is 2.22. The smallest absolute Gasteiger partial charge is 0.191 e. The van der Waals surface area contributed by atoms with Crippen LogP contribution in [-0.4, -0.2) is 19.6 Å². The quantitative estimate of drug-likeness (QED) is 0.663. The van der Waals surface area contributed by atoms with Crippen LogP contribution in [0.25, 0.3) is 0 Å². The Labute approximate surface area is 110 Å². The monoisotopic (exact) mass is 301 g/mol. The Morgan fingerprint density at radius 1 is 1.41 bits per heavy atom. The molecule has 0 saturated carbocycles. The molecule has 0 aliphatic carbocycles. The zero-order chi connectivity index (χ0) is 12.7. The third-order valence-corrected chi connectivity index (χ3v) is 2.71. The summed E-state index contributed by atoms with van der Waals surface area (Å²) in [6.45, 7) is 3.34. The highest BCUT2D eigenvalue weighted by Gasteiger charge is 2.03. The van der Waals surface area contributed by atoms with Gasteiger partial charge in [-0.25, -0.2) is 4.39 Å². The average Bonchev–Trinajstić information content (AvgIpc) is 2.33. The lowest BCUT2D eigenvalue weighted by atomic mass is 10.2. The highest BCUT2D eigenvalue weighted by Crippen LogP contribution is 2.15. The van der Waals surface area contributed by atoms with Crippen molar-refractivity contribution >= 4 is 21.9 Å². The highest BCUT2D eigenvalue weighted by atomic mass is 79.9. The lowest BCUT2D eigenvalue weighted by Gasteiger charge is -2.11. The maximum atomic E-state index is 13.5. The van der Waals surface area contributed by atoms with Gasteiger partial charge in [-0.15, -0.1) is 0 Å². The minimum Gasteiger partial charge on any atom is -0.356 e. The Morgan fingerprint density at radius 2 is 2.18 bits per heavy atom. The summed E-state index contributed by atoms with van der Waals surface area (Å²) in [5.74, 6) is 0.470. The standard InChI is InChI=1S/C12H17BrFN3/c1-3-6-16-12(15-2)17-8-9-7-10(13)4-5-11(9)14/h4-5,7H,3,6,8H2,1-2H3,(H2,15,16,17). The zero-order valence-corrected chi connectivity index (χ0v) is 11.6. The van der Waals surface area contributed by atoms with Crippen LogP contribution in [0.2, 0.25) is 0 Å². The van der Waals surface area contributed by atoms with E-state index in [1.54, 1.807) is 19.2 Å². The number of hydrogen-bond donors (Lipinski definition) is 2. The summed E-state index contributed by atoms with van der Waals surface area (Å²) in [6.07, 6.45) is 1.02. The van der Waals surface area contributed by atoms with Crippen molar-refractivity contribution in [2.24, 2.45) is 4.99 Å². The molecule has 1 rings (SSSR count). The summed E-state index contributed by atoms with van der Waals surface area (Å²) in [5.41, 5.74) is 0.610. The molecule has 2 N–H and O–H groups in total. The molecule has 0 spiro atoms. The molecule has 0 amide bonds. The van der Waals surface area contributed by atoms with Crippen molar-refractivity contribution in [3.05, 3.63) is 34.1 Å². The molecule has 1 aromatic carbocycles. The summed E-state index contributed by atoms with van der Waals surface area (Å²) >= 11 is 3.32. The Kier molecular flexibility index (Phi) is 5.97. The molecule has 0 unspecified atom stereocenters. The third kappa shape index (κ3) is 4.73. The first-order valence-corrected chi connectivity index (χ1v) is 6.35. The minimum absolute atomic E-state index is 0.216. The first kappa shape index (κ1) is 14.0. The van der Waals surface area contributed by atoms with Crippen LogP contribution < -0.4 is 10.6 Å². The molecule has 0 aliphatic heterocycles. The van der Waals surface area contributed by atoms with Gasteiger partial charge in [-0.05, 0) is 24.6 Å². The van der Waals surface area contributed by atoms with Crippen LogP contribution in [0.15, 0.2) is 27.7 Å². The van der Waals surface area contributed by atoms with Crippen LogP contribution in [0, 0.1) is 5.82 Å². The SMILES string of the molecule is CCCNC(=NC)NCc1cc(Br)ccc1F. The van der Waals surface area contributed by atoms with Gasteiger partial charge in [-0.1, -0.05) is 22.9 Å². The zero-order valence-electron chi connectivity index (χ0n) is 10.1. The van der Waals surface area contributed by atoms with Crippen molar-refractivity contribution in [2.45, 2.75) is 19.9 Å². The second-order valence-corrected chi connectivity index (χ2v) is 4.50. The Hall–Kier alpha value is -1.10. The van der Waals surface area contributed by atoms with Crippen molar-refractivity contribution in [1.29, 1.82) is 0 Å². The molecule has 0 atom stereocenters. The number of rotatable bonds is 4. The van der Waals surface area contributed by atoms with Gasteiger partial charge in [-0.2, -0.15) is 0 Å². The molecule has 0 aliphatic rings. The van der Waals surface area contributed by atoms with E-state index in [0.29, 0.717) is 18.1 Å². The van der Waals surface area contributed by atoms with E-state index in [1.807, 2.05) is 0 Å². The molecule has 0 bridgehead atoms. The Balaban J connectivity index is 2.56. The lowest BCUT2D eigenvalue weighted by Crippen LogP contribution is -2.37. The average molecular weight is 302 g/mol.